The third kappa shape index (κ3) is 3.69. The molecule has 0 atom stereocenters. The van der Waals surface area contributed by atoms with Crippen molar-refractivity contribution in [3.8, 4) is 0 Å². The maximum Gasteiger partial charge on any atom is 0.280 e. The van der Waals surface area contributed by atoms with E-state index in [-0.39, 0.29) is 10.6 Å². The van der Waals surface area contributed by atoms with Crippen LogP contribution in [0.4, 0.5) is 11.4 Å². The molecule has 130 valence electrons. The molecular formula is C19H22N4O2. The normalized spacial score (nSPS) is 11.1. The summed E-state index contributed by atoms with van der Waals surface area (Å²) in [5.41, 5.74) is 7.87. The van der Waals surface area contributed by atoms with Crippen LogP contribution in [0, 0.1) is 10.1 Å². The summed E-state index contributed by atoms with van der Waals surface area (Å²) in [7, 11) is 0. The fourth-order valence-electron chi connectivity index (χ4n) is 3.10. The van der Waals surface area contributed by atoms with E-state index in [2.05, 4.69) is 10.3 Å². The molecule has 1 aromatic heterocycles. The standard InChI is InChI=1S/C19H22N4O2/c20-12-5-1-2-6-13-21-19-14-8-3-4-9-15(14)22-16-10-7-11-17(18(16)19)23(24)25/h3-4,7-11H,1-2,5-6,12-13,20H2,(H,21,22). The highest BCUT2D eigenvalue weighted by Gasteiger charge is 2.18. The summed E-state index contributed by atoms with van der Waals surface area (Å²) in [6.07, 6.45) is 4.23. The van der Waals surface area contributed by atoms with E-state index in [0.29, 0.717) is 10.9 Å². The molecule has 0 unspecified atom stereocenters. The maximum atomic E-state index is 11.5. The van der Waals surface area contributed by atoms with Gasteiger partial charge in [0.15, 0.2) is 0 Å². The zero-order valence-corrected chi connectivity index (χ0v) is 14.1. The lowest BCUT2D eigenvalue weighted by Gasteiger charge is -2.13. The van der Waals surface area contributed by atoms with Crippen molar-refractivity contribution in [2.24, 2.45) is 5.73 Å². The summed E-state index contributed by atoms with van der Waals surface area (Å²) in [6, 6.07) is 12.8. The number of hydrogen-bond donors (Lipinski definition) is 2. The zero-order valence-electron chi connectivity index (χ0n) is 14.1. The largest absolute Gasteiger partial charge is 0.384 e. The van der Waals surface area contributed by atoms with E-state index in [1.807, 2.05) is 30.3 Å². The summed E-state index contributed by atoms with van der Waals surface area (Å²) in [4.78, 5) is 15.7. The predicted molar refractivity (Wildman–Crippen MR) is 102 cm³/mol. The van der Waals surface area contributed by atoms with Crippen LogP contribution >= 0.6 is 0 Å². The Morgan fingerprint density at radius 3 is 2.56 bits per heavy atom. The Labute approximate surface area is 146 Å². The molecule has 0 aliphatic carbocycles. The number of non-ortho nitro benzene ring substituents is 1. The number of nitro benzene ring substituents is 1. The van der Waals surface area contributed by atoms with Crippen molar-refractivity contribution in [1.82, 2.24) is 4.98 Å². The molecule has 0 radical (unpaired) electrons. The highest BCUT2D eigenvalue weighted by atomic mass is 16.6. The highest BCUT2D eigenvalue weighted by Crippen LogP contribution is 2.36. The molecule has 2 aromatic carbocycles. The number of nitro groups is 1. The van der Waals surface area contributed by atoms with E-state index < -0.39 is 0 Å². The van der Waals surface area contributed by atoms with Gasteiger partial charge in [0.2, 0.25) is 0 Å². The van der Waals surface area contributed by atoms with Crippen molar-refractivity contribution >= 4 is 33.2 Å². The van der Waals surface area contributed by atoms with E-state index in [1.165, 1.54) is 6.07 Å². The number of anilines is 1. The lowest BCUT2D eigenvalue weighted by molar-refractivity contribution is -0.383. The lowest BCUT2D eigenvalue weighted by Crippen LogP contribution is -2.05. The maximum absolute atomic E-state index is 11.5. The summed E-state index contributed by atoms with van der Waals surface area (Å²) < 4.78 is 0. The lowest BCUT2D eigenvalue weighted by atomic mass is 10.1. The van der Waals surface area contributed by atoms with Crippen LogP contribution in [0.25, 0.3) is 21.8 Å². The van der Waals surface area contributed by atoms with Gasteiger partial charge in [-0.05, 0) is 31.5 Å². The number of pyridine rings is 1. The van der Waals surface area contributed by atoms with Gasteiger partial charge in [-0.3, -0.25) is 10.1 Å². The number of benzene rings is 2. The van der Waals surface area contributed by atoms with Crippen molar-refractivity contribution in [3.05, 3.63) is 52.6 Å². The van der Waals surface area contributed by atoms with Crippen LogP contribution < -0.4 is 11.1 Å². The Kier molecular flexibility index (Phi) is 5.40. The Morgan fingerprint density at radius 2 is 1.76 bits per heavy atom. The van der Waals surface area contributed by atoms with Gasteiger partial charge in [-0.25, -0.2) is 4.98 Å². The number of nitrogens with one attached hydrogen (secondary N) is 1. The van der Waals surface area contributed by atoms with Crippen LogP contribution in [-0.2, 0) is 0 Å². The van der Waals surface area contributed by atoms with Gasteiger partial charge in [-0.2, -0.15) is 0 Å². The highest BCUT2D eigenvalue weighted by molar-refractivity contribution is 6.11. The summed E-state index contributed by atoms with van der Waals surface area (Å²) in [6.45, 7) is 1.49. The van der Waals surface area contributed by atoms with Crippen molar-refractivity contribution in [2.75, 3.05) is 18.4 Å². The predicted octanol–water partition coefficient (Wildman–Crippen LogP) is 4.23. The second-order valence-corrected chi connectivity index (χ2v) is 6.06. The van der Waals surface area contributed by atoms with Crippen LogP contribution in [0.5, 0.6) is 0 Å². The van der Waals surface area contributed by atoms with Crippen LogP contribution in [0.2, 0.25) is 0 Å². The SMILES string of the molecule is NCCCCCCNc1c2ccccc2nc2cccc([N+](=O)[O-])c12. The number of nitrogens with zero attached hydrogens (tertiary/aromatic N) is 2. The number of para-hydroxylation sites is 1. The van der Waals surface area contributed by atoms with E-state index in [4.69, 9.17) is 5.73 Å². The molecule has 3 N–H and O–H groups in total. The first-order valence-corrected chi connectivity index (χ1v) is 8.62. The van der Waals surface area contributed by atoms with Crippen molar-refractivity contribution in [2.45, 2.75) is 25.7 Å². The fourth-order valence-corrected chi connectivity index (χ4v) is 3.10. The Bertz CT molecular complexity index is 895. The average Bonchev–Trinajstić information content (AvgIpc) is 2.63. The van der Waals surface area contributed by atoms with Gasteiger partial charge in [0, 0.05) is 18.0 Å². The topological polar surface area (TPSA) is 94.1 Å². The number of hydrogen-bond acceptors (Lipinski definition) is 5. The zero-order chi connectivity index (χ0) is 17.6. The molecule has 6 heteroatoms. The molecule has 1 heterocycles. The first kappa shape index (κ1) is 17.1. The van der Waals surface area contributed by atoms with Gasteiger partial charge < -0.3 is 11.1 Å². The monoisotopic (exact) mass is 338 g/mol. The van der Waals surface area contributed by atoms with Gasteiger partial charge >= 0.3 is 0 Å². The van der Waals surface area contributed by atoms with Crippen LogP contribution in [0.1, 0.15) is 25.7 Å². The Balaban J connectivity index is 2.00. The second-order valence-electron chi connectivity index (χ2n) is 6.06. The molecule has 0 fully saturated rings. The molecule has 6 nitrogen and oxygen atoms in total. The number of nitrogens with two attached hydrogens (primary N) is 1. The van der Waals surface area contributed by atoms with Crippen molar-refractivity contribution < 1.29 is 4.92 Å². The number of unbranched alkanes of at least 4 members (excludes halogenated alkanes) is 3. The van der Waals surface area contributed by atoms with Crippen molar-refractivity contribution in [1.29, 1.82) is 0 Å². The first-order chi connectivity index (χ1) is 12.2. The van der Waals surface area contributed by atoms with Crippen molar-refractivity contribution in [3.63, 3.8) is 0 Å². The second kappa shape index (κ2) is 7.90. The number of rotatable bonds is 8. The Hall–Kier alpha value is -2.73. The third-order valence-corrected chi connectivity index (χ3v) is 4.31. The minimum Gasteiger partial charge on any atom is -0.384 e. The molecule has 0 aliphatic heterocycles. The molecular weight excluding hydrogens is 316 g/mol. The molecule has 3 aromatic rings. The number of aromatic nitrogens is 1. The van der Waals surface area contributed by atoms with E-state index >= 15 is 0 Å². The van der Waals surface area contributed by atoms with Gasteiger partial charge in [-0.15, -0.1) is 0 Å². The van der Waals surface area contributed by atoms with Gasteiger partial charge in [0.25, 0.3) is 5.69 Å². The summed E-state index contributed by atoms with van der Waals surface area (Å²) in [5.74, 6) is 0. The van der Waals surface area contributed by atoms with Gasteiger partial charge in [-0.1, -0.05) is 37.1 Å². The first-order valence-electron chi connectivity index (χ1n) is 8.62. The van der Waals surface area contributed by atoms with Gasteiger partial charge in [0.1, 0.15) is 5.39 Å². The summed E-state index contributed by atoms with van der Waals surface area (Å²) in [5, 5.41) is 16.4. The molecule has 0 saturated heterocycles. The number of fused-ring (bicyclic) bond motifs is 2. The third-order valence-electron chi connectivity index (χ3n) is 4.31. The van der Waals surface area contributed by atoms with E-state index in [1.54, 1.807) is 6.07 Å². The van der Waals surface area contributed by atoms with Crippen LogP contribution in [0.15, 0.2) is 42.5 Å². The molecule has 3 rings (SSSR count). The average molecular weight is 338 g/mol. The molecule has 25 heavy (non-hydrogen) atoms. The molecule has 0 saturated carbocycles. The van der Waals surface area contributed by atoms with E-state index in [9.17, 15) is 10.1 Å². The molecule has 0 bridgehead atoms. The molecule has 0 amide bonds. The van der Waals surface area contributed by atoms with Crippen LogP contribution in [-0.4, -0.2) is 23.0 Å². The van der Waals surface area contributed by atoms with Crippen LogP contribution in [0.3, 0.4) is 0 Å². The van der Waals surface area contributed by atoms with E-state index in [0.717, 1.165) is 55.4 Å². The minimum absolute atomic E-state index is 0.0846. The minimum atomic E-state index is -0.342. The smallest absolute Gasteiger partial charge is 0.280 e. The van der Waals surface area contributed by atoms with Gasteiger partial charge in [0.05, 0.1) is 21.6 Å². The molecule has 0 spiro atoms. The molecule has 0 aliphatic rings. The Morgan fingerprint density at radius 1 is 1.00 bits per heavy atom. The summed E-state index contributed by atoms with van der Waals surface area (Å²) >= 11 is 0. The quantitative estimate of drug-likeness (QED) is 0.277. The fraction of sp³-hybridized carbons (Fsp3) is 0.316.